The first-order valence-corrected chi connectivity index (χ1v) is 5.70. The highest BCUT2D eigenvalue weighted by molar-refractivity contribution is 5.91. The first-order chi connectivity index (χ1) is 8.33. The minimum Gasteiger partial charge on any atom is -0.489 e. The quantitative estimate of drug-likeness (QED) is 0.629. The van der Waals surface area contributed by atoms with Crippen LogP contribution in [0.15, 0.2) is 18.2 Å². The molecule has 5 nitrogen and oxygen atoms in total. The second-order valence-electron chi connectivity index (χ2n) is 4.83. The highest BCUT2D eigenvalue weighted by atomic mass is 16.6. The van der Waals surface area contributed by atoms with Crippen LogP contribution in [-0.2, 0) is 4.74 Å². The standard InChI is InChI=1S/C13H19NO4/c1-13(2,3)18-12(16)9-4-5-10(14)11(8-9)17-7-6-15/h4-5,8,15H,6-7,14H2,1-3H3. The SMILES string of the molecule is CC(C)(C)OC(=O)c1ccc(N)c(OCCO)c1. The lowest BCUT2D eigenvalue weighted by molar-refractivity contribution is 0.00692. The van der Waals surface area contributed by atoms with Crippen molar-refractivity contribution in [3.63, 3.8) is 0 Å². The van der Waals surface area contributed by atoms with E-state index in [0.717, 1.165) is 0 Å². The van der Waals surface area contributed by atoms with E-state index in [-0.39, 0.29) is 13.2 Å². The third kappa shape index (κ3) is 4.25. The highest BCUT2D eigenvalue weighted by Gasteiger charge is 2.18. The summed E-state index contributed by atoms with van der Waals surface area (Å²) in [5.74, 6) is -0.0660. The monoisotopic (exact) mass is 253 g/mol. The molecule has 0 bridgehead atoms. The number of aliphatic hydroxyl groups excluding tert-OH is 1. The molecular weight excluding hydrogens is 234 g/mol. The van der Waals surface area contributed by atoms with Gasteiger partial charge in [-0.2, -0.15) is 0 Å². The number of ether oxygens (including phenoxy) is 2. The summed E-state index contributed by atoms with van der Waals surface area (Å²) >= 11 is 0. The average Bonchev–Trinajstić information content (AvgIpc) is 2.25. The third-order valence-electron chi connectivity index (χ3n) is 2.00. The van der Waals surface area contributed by atoms with Crippen molar-refractivity contribution < 1.29 is 19.4 Å². The first-order valence-electron chi connectivity index (χ1n) is 5.70. The molecule has 100 valence electrons. The van der Waals surface area contributed by atoms with Crippen LogP contribution in [0.3, 0.4) is 0 Å². The molecule has 3 N–H and O–H groups in total. The van der Waals surface area contributed by atoms with Crippen molar-refractivity contribution >= 4 is 11.7 Å². The summed E-state index contributed by atoms with van der Waals surface area (Å²) in [5, 5.41) is 8.69. The van der Waals surface area contributed by atoms with Gasteiger partial charge in [-0.1, -0.05) is 0 Å². The van der Waals surface area contributed by atoms with Crippen LogP contribution in [0.5, 0.6) is 5.75 Å². The maximum Gasteiger partial charge on any atom is 0.338 e. The van der Waals surface area contributed by atoms with E-state index in [1.54, 1.807) is 32.9 Å². The fourth-order valence-electron chi connectivity index (χ4n) is 1.28. The van der Waals surface area contributed by atoms with Crippen molar-refractivity contribution in [3.8, 4) is 5.75 Å². The van der Waals surface area contributed by atoms with Gasteiger partial charge in [-0.15, -0.1) is 0 Å². The van der Waals surface area contributed by atoms with Crippen LogP contribution in [0, 0.1) is 0 Å². The van der Waals surface area contributed by atoms with Crippen LogP contribution >= 0.6 is 0 Å². The molecule has 0 unspecified atom stereocenters. The molecule has 0 saturated heterocycles. The number of aliphatic hydroxyl groups is 1. The Morgan fingerprint density at radius 2 is 2.06 bits per heavy atom. The molecule has 5 heteroatoms. The molecule has 0 aliphatic heterocycles. The molecule has 1 aromatic carbocycles. The number of hydrogen-bond donors (Lipinski definition) is 2. The molecule has 0 fully saturated rings. The van der Waals surface area contributed by atoms with Crippen molar-refractivity contribution in [2.24, 2.45) is 0 Å². The van der Waals surface area contributed by atoms with Gasteiger partial charge >= 0.3 is 5.97 Å². The van der Waals surface area contributed by atoms with E-state index in [1.165, 1.54) is 6.07 Å². The van der Waals surface area contributed by atoms with Crippen molar-refractivity contribution in [1.82, 2.24) is 0 Å². The molecule has 0 aromatic heterocycles. The Morgan fingerprint density at radius 1 is 1.39 bits per heavy atom. The molecule has 0 aliphatic rings. The predicted molar refractivity (Wildman–Crippen MR) is 68.6 cm³/mol. The van der Waals surface area contributed by atoms with Gasteiger partial charge in [0.2, 0.25) is 0 Å². The number of hydrogen-bond acceptors (Lipinski definition) is 5. The average molecular weight is 253 g/mol. The number of nitrogens with two attached hydrogens (primary N) is 1. The van der Waals surface area contributed by atoms with Gasteiger partial charge in [0.15, 0.2) is 0 Å². The molecular formula is C13H19NO4. The smallest absolute Gasteiger partial charge is 0.338 e. The number of rotatable bonds is 4. The zero-order valence-corrected chi connectivity index (χ0v) is 10.9. The van der Waals surface area contributed by atoms with E-state index in [0.29, 0.717) is 17.0 Å². The Morgan fingerprint density at radius 3 is 2.61 bits per heavy atom. The molecule has 0 heterocycles. The van der Waals surface area contributed by atoms with Crippen LogP contribution in [0.2, 0.25) is 0 Å². The maximum absolute atomic E-state index is 11.8. The van der Waals surface area contributed by atoms with E-state index in [1.807, 2.05) is 0 Å². The highest BCUT2D eigenvalue weighted by Crippen LogP contribution is 2.24. The van der Waals surface area contributed by atoms with Crippen LogP contribution in [0.1, 0.15) is 31.1 Å². The molecule has 0 spiro atoms. The molecule has 18 heavy (non-hydrogen) atoms. The minimum absolute atomic E-state index is 0.115. The van der Waals surface area contributed by atoms with E-state index < -0.39 is 11.6 Å². The van der Waals surface area contributed by atoms with E-state index >= 15 is 0 Å². The number of carbonyl (C=O) groups excluding carboxylic acids is 1. The van der Waals surface area contributed by atoms with Crippen molar-refractivity contribution in [1.29, 1.82) is 0 Å². The van der Waals surface area contributed by atoms with Crippen LogP contribution < -0.4 is 10.5 Å². The zero-order valence-electron chi connectivity index (χ0n) is 10.9. The lowest BCUT2D eigenvalue weighted by atomic mass is 10.1. The topological polar surface area (TPSA) is 81.8 Å². The second-order valence-corrected chi connectivity index (χ2v) is 4.83. The predicted octanol–water partition coefficient (Wildman–Crippen LogP) is 1.60. The Labute approximate surface area is 107 Å². The minimum atomic E-state index is -0.551. The Kier molecular flexibility index (Phi) is 4.55. The van der Waals surface area contributed by atoms with Gasteiger partial charge in [-0.25, -0.2) is 4.79 Å². The van der Waals surface area contributed by atoms with Gasteiger partial charge in [0, 0.05) is 0 Å². The van der Waals surface area contributed by atoms with E-state index in [4.69, 9.17) is 20.3 Å². The number of benzene rings is 1. The van der Waals surface area contributed by atoms with Gasteiger partial charge in [-0.05, 0) is 39.0 Å². The number of carbonyl (C=O) groups is 1. The first kappa shape index (κ1) is 14.3. The van der Waals surface area contributed by atoms with E-state index in [2.05, 4.69) is 0 Å². The van der Waals surface area contributed by atoms with Crippen LogP contribution in [0.25, 0.3) is 0 Å². The third-order valence-corrected chi connectivity index (χ3v) is 2.00. The fourth-order valence-corrected chi connectivity index (χ4v) is 1.28. The largest absolute Gasteiger partial charge is 0.489 e. The summed E-state index contributed by atoms with van der Waals surface area (Å²) in [6.45, 7) is 5.40. The Bertz CT molecular complexity index is 423. The van der Waals surface area contributed by atoms with Gasteiger partial charge in [0.1, 0.15) is 18.0 Å². The van der Waals surface area contributed by atoms with Gasteiger partial charge in [0.05, 0.1) is 17.9 Å². The van der Waals surface area contributed by atoms with E-state index in [9.17, 15) is 4.79 Å². The van der Waals surface area contributed by atoms with Crippen LogP contribution in [-0.4, -0.2) is 29.9 Å². The zero-order chi connectivity index (χ0) is 13.8. The molecule has 0 amide bonds. The molecule has 0 atom stereocenters. The van der Waals surface area contributed by atoms with Gasteiger partial charge < -0.3 is 20.3 Å². The molecule has 0 aliphatic carbocycles. The molecule has 1 rings (SSSR count). The summed E-state index contributed by atoms with van der Waals surface area (Å²) in [7, 11) is 0. The number of anilines is 1. The van der Waals surface area contributed by atoms with Crippen molar-refractivity contribution in [2.75, 3.05) is 18.9 Å². The van der Waals surface area contributed by atoms with Gasteiger partial charge in [0.25, 0.3) is 0 Å². The fraction of sp³-hybridized carbons (Fsp3) is 0.462. The summed E-state index contributed by atoms with van der Waals surface area (Å²) in [6, 6.07) is 4.67. The molecule has 0 radical (unpaired) electrons. The summed E-state index contributed by atoms with van der Waals surface area (Å²) in [5.41, 5.74) is 5.93. The lowest BCUT2D eigenvalue weighted by Crippen LogP contribution is -2.23. The van der Waals surface area contributed by atoms with Crippen LogP contribution in [0.4, 0.5) is 5.69 Å². The normalized spacial score (nSPS) is 11.1. The Balaban J connectivity index is 2.87. The molecule has 1 aromatic rings. The Hall–Kier alpha value is -1.75. The summed E-state index contributed by atoms with van der Waals surface area (Å²) < 4.78 is 10.5. The summed E-state index contributed by atoms with van der Waals surface area (Å²) in [6.07, 6.45) is 0. The number of esters is 1. The molecule has 0 saturated carbocycles. The maximum atomic E-state index is 11.8. The summed E-state index contributed by atoms with van der Waals surface area (Å²) in [4.78, 5) is 11.8. The lowest BCUT2D eigenvalue weighted by Gasteiger charge is -2.19. The van der Waals surface area contributed by atoms with Crippen molar-refractivity contribution in [2.45, 2.75) is 26.4 Å². The van der Waals surface area contributed by atoms with Crippen molar-refractivity contribution in [3.05, 3.63) is 23.8 Å². The number of nitrogen functional groups attached to an aromatic ring is 1. The van der Waals surface area contributed by atoms with Gasteiger partial charge in [-0.3, -0.25) is 0 Å². The second kappa shape index (κ2) is 5.73.